The Morgan fingerprint density at radius 3 is 2.33 bits per heavy atom. The van der Waals surface area contributed by atoms with Gasteiger partial charge in [0.2, 0.25) is 0 Å². The molecule has 108 valence electrons. The van der Waals surface area contributed by atoms with E-state index in [2.05, 4.69) is 61.7 Å². The van der Waals surface area contributed by atoms with Crippen LogP contribution in [0.2, 0.25) is 0 Å². The van der Waals surface area contributed by atoms with Gasteiger partial charge in [0.05, 0.1) is 11.0 Å². The van der Waals surface area contributed by atoms with Crippen molar-refractivity contribution in [3.8, 4) is 11.4 Å². The van der Waals surface area contributed by atoms with E-state index in [1.165, 1.54) is 22.2 Å². The summed E-state index contributed by atoms with van der Waals surface area (Å²) in [5, 5.41) is 0. The topological polar surface area (TPSA) is 43.8 Å². The molecule has 0 amide bonds. The molecule has 1 aromatic heterocycles. The molecular formula is C18H21N3. The Balaban J connectivity index is 2.25. The van der Waals surface area contributed by atoms with Crippen molar-refractivity contribution in [1.29, 1.82) is 0 Å². The van der Waals surface area contributed by atoms with Gasteiger partial charge in [0, 0.05) is 18.7 Å². The molecule has 0 bridgehead atoms. The van der Waals surface area contributed by atoms with Crippen LogP contribution < -0.4 is 5.73 Å². The first-order chi connectivity index (χ1) is 10.1. The predicted molar refractivity (Wildman–Crippen MR) is 88.4 cm³/mol. The highest BCUT2D eigenvalue weighted by Gasteiger charge is 2.13. The Morgan fingerprint density at radius 1 is 1.00 bits per heavy atom. The van der Waals surface area contributed by atoms with Gasteiger partial charge < -0.3 is 10.3 Å². The van der Waals surface area contributed by atoms with Gasteiger partial charge in [-0.25, -0.2) is 4.98 Å². The van der Waals surface area contributed by atoms with Crippen LogP contribution in [0.5, 0.6) is 0 Å². The number of aromatic nitrogens is 2. The molecule has 0 aliphatic rings. The van der Waals surface area contributed by atoms with E-state index in [0.29, 0.717) is 6.54 Å². The second kappa shape index (κ2) is 5.34. The highest BCUT2D eigenvalue weighted by molar-refractivity contribution is 5.82. The SMILES string of the molecule is Cc1ccc(-c2nc3cc(C)c(C)cc3n2CCN)cc1. The molecule has 3 nitrogen and oxygen atoms in total. The van der Waals surface area contributed by atoms with Crippen molar-refractivity contribution in [2.75, 3.05) is 6.54 Å². The smallest absolute Gasteiger partial charge is 0.141 e. The maximum atomic E-state index is 5.80. The molecule has 0 aliphatic carbocycles. The molecule has 3 rings (SSSR count). The van der Waals surface area contributed by atoms with Crippen molar-refractivity contribution < 1.29 is 0 Å². The largest absolute Gasteiger partial charge is 0.329 e. The van der Waals surface area contributed by atoms with Gasteiger partial charge in [0.25, 0.3) is 0 Å². The highest BCUT2D eigenvalue weighted by Crippen LogP contribution is 2.27. The summed E-state index contributed by atoms with van der Waals surface area (Å²) >= 11 is 0. The Morgan fingerprint density at radius 2 is 1.67 bits per heavy atom. The van der Waals surface area contributed by atoms with Crippen LogP contribution in [0.3, 0.4) is 0 Å². The second-order valence-corrected chi connectivity index (χ2v) is 5.67. The monoisotopic (exact) mass is 279 g/mol. The van der Waals surface area contributed by atoms with Crippen LogP contribution in [0.15, 0.2) is 36.4 Å². The van der Waals surface area contributed by atoms with Gasteiger partial charge >= 0.3 is 0 Å². The third-order valence-electron chi connectivity index (χ3n) is 4.03. The molecule has 0 fully saturated rings. The lowest BCUT2D eigenvalue weighted by atomic mass is 10.1. The molecule has 3 heteroatoms. The van der Waals surface area contributed by atoms with Gasteiger partial charge in [-0.1, -0.05) is 29.8 Å². The minimum absolute atomic E-state index is 0.608. The fourth-order valence-electron chi connectivity index (χ4n) is 2.66. The molecule has 2 aromatic carbocycles. The van der Waals surface area contributed by atoms with Crippen molar-refractivity contribution in [2.24, 2.45) is 5.73 Å². The molecule has 0 spiro atoms. The minimum Gasteiger partial charge on any atom is -0.329 e. The van der Waals surface area contributed by atoms with Crippen molar-refractivity contribution in [2.45, 2.75) is 27.3 Å². The lowest BCUT2D eigenvalue weighted by molar-refractivity contribution is 0.735. The summed E-state index contributed by atoms with van der Waals surface area (Å²) in [6.45, 7) is 7.75. The maximum Gasteiger partial charge on any atom is 0.141 e. The average Bonchev–Trinajstić information content (AvgIpc) is 2.79. The molecule has 1 heterocycles. The lowest BCUT2D eigenvalue weighted by Crippen LogP contribution is -2.11. The molecule has 21 heavy (non-hydrogen) atoms. The van der Waals surface area contributed by atoms with Crippen molar-refractivity contribution in [3.05, 3.63) is 53.1 Å². The van der Waals surface area contributed by atoms with Crippen LogP contribution in [-0.4, -0.2) is 16.1 Å². The van der Waals surface area contributed by atoms with E-state index in [1.807, 2.05) is 0 Å². The first-order valence-electron chi connectivity index (χ1n) is 7.34. The fourth-order valence-corrected chi connectivity index (χ4v) is 2.66. The molecule has 2 N–H and O–H groups in total. The van der Waals surface area contributed by atoms with E-state index in [-0.39, 0.29) is 0 Å². The highest BCUT2D eigenvalue weighted by atomic mass is 15.1. The second-order valence-electron chi connectivity index (χ2n) is 5.67. The van der Waals surface area contributed by atoms with E-state index in [0.717, 1.165) is 23.4 Å². The summed E-state index contributed by atoms with van der Waals surface area (Å²) in [5.41, 5.74) is 13.0. The maximum absolute atomic E-state index is 5.80. The Bertz CT molecular complexity index is 782. The number of nitrogens with zero attached hydrogens (tertiary/aromatic N) is 2. The number of hydrogen-bond acceptors (Lipinski definition) is 2. The Hall–Kier alpha value is -2.13. The Kier molecular flexibility index (Phi) is 3.52. The Labute approximate surface area is 125 Å². The van der Waals surface area contributed by atoms with E-state index in [1.54, 1.807) is 0 Å². The summed E-state index contributed by atoms with van der Waals surface area (Å²) < 4.78 is 2.23. The molecule has 0 saturated heterocycles. The van der Waals surface area contributed by atoms with Gasteiger partial charge in [-0.2, -0.15) is 0 Å². The third-order valence-corrected chi connectivity index (χ3v) is 4.03. The van der Waals surface area contributed by atoms with Gasteiger partial charge in [-0.05, 0) is 44.0 Å². The molecular weight excluding hydrogens is 258 g/mol. The number of nitrogens with two attached hydrogens (primary N) is 1. The summed E-state index contributed by atoms with van der Waals surface area (Å²) in [5.74, 6) is 1.00. The van der Waals surface area contributed by atoms with Crippen LogP contribution in [-0.2, 0) is 6.54 Å². The standard InChI is InChI=1S/C18H21N3/c1-12-4-6-15(7-5-12)18-20-16-10-13(2)14(3)11-17(16)21(18)9-8-19/h4-7,10-11H,8-9,19H2,1-3H3. The number of benzene rings is 2. The van der Waals surface area contributed by atoms with Crippen molar-refractivity contribution >= 4 is 11.0 Å². The van der Waals surface area contributed by atoms with Gasteiger partial charge in [-0.3, -0.25) is 0 Å². The van der Waals surface area contributed by atoms with Crippen LogP contribution in [0.1, 0.15) is 16.7 Å². The van der Waals surface area contributed by atoms with Gasteiger partial charge in [-0.15, -0.1) is 0 Å². The zero-order valence-electron chi connectivity index (χ0n) is 12.9. The first-order valence-corrected chi connectivity index (χ1v) is 7.34. The molecule has 0 unspecified atom stereocenters. The van der Waals surface area contributed by atoms with Crippen LogP contribution in [0.4, 0.5) is 0 Å². The summed E-state index contributed by atoms with van der Waals surface area (Å²) in [7, 11) is 0. The fraction of sp³-hybridized carbons (Fsp3) is 0.278. The zero-order chi connectivity index (χ0) is 15.0. The summed E-state index contributed by atoms with van der Waals surface area (Å²) in [6, 6.07) is 12.9. The van der Waals surface area contributed by atoms with Crippen LogP contribution >= 0.6 is 0 Å². The lowest BCUT2D eigenvalue weighted by Gasteiger charge is -2.08. The molecule has 3 aromatic rings. The van der Waals surface area contributed by atoms with Gasteiger partial charge in [0.15, 0.2) is 0 Å². The van der Waals surface area contributed by atoms with E-state index in [9.17, 15) is 0 Å². The number of rotatable bonds is 3. The third kappa shape index (κ3) is 2.45. The van der Waals surface area contributed by atoms with Crippen molar-refractivity contribution in [3.63, 3.8) is 0 Å². The normalized spacial score (nSPS) is 11.2. The zero-order valence-corrected chi connectivity index (χ0v) is 12.9. The average molecular weight is 279 g/mol. The molecule has 0 aliphatic heterocycles. The minimum atomic E-state index is 0.608. The number of aryl methyl sites for hydroxylation is 3. The van der Waals surface area contributed by atoms with Crippen LogP contribution in [0, 0.1) is 20.8 Å². The predicted octanol–water partition coefficient (Wildman–Crippen LogP) is 3.59. The summed E-state index contributed by atoms with van der Waals surface area (Å²) in [4.78, 5) is 4.84. The number of imidazole rings is 1. The first kappa shape index (κ1) is 13.8. The number of fused-ring (bicyclic) bond motifs is 1. The van der Waals surface area contributed by atoms with E-state index < -0.39 is 0 Å². The van der Waals surface area contributed by atoms with E-state index in [4.69, 9.17) is 10.7 Å². The number of hydrogen-bond donors (Lipinski definition) is 1. The summed E-state index contributed by atoms with van der Waals surface area (Å²) in [6.07, 6.45) is 0. The molecule has 0 radical (unpaired) electrons. The molecule has 0 atom stereocenters. The van der Waals surface area contributed by atoms with E-state index >= 15 is 0 Å². The van der Waals surface area contributed by atoms with Gasteiger partial charge in [0.1, 0.15) is 5.82 Å². The quantitative estimate of drug-likeness (QED) is 0.796. The van der Waals surface area contributed by atoms with Crippen LogP contribution in [0.25, 0.3) is 22.4 Å². The molecule has 0 saturated carbocycles. The van der Waals surface area contributed by atoms with Crippen molar-refractivity contribution in [1.82, 2.24) is 9.55 Å².